The number of nitrogens with zero attached hydrogens (tertiary/aromatic N) is 2. The summed E-state index contributed by atoms with van der Waals surface area (Å²) < 4.78 is 10.4. The molecule has 7 heteroatoms. The van der Waals surface area contributed by atoms with Crippen molar-refractivity contribution in [2.75, 3.05) is 19.5 Å². The zero-order chi connectivity index (χ0) is 16.7. The summed E-state index contributed by atoms with van der Waals surface area (Å²) in [5, 5.41) is 3.19. The average Bonchev–Trinajstić information content (AvgIpc) is 2.59. The molecule has 1 unspecified atom stereocenters. The Bertz CT molecular complexity index is 630. The molecule has 2 rings (SSSR count). The Balaban J connectivity index is 2.10. The van der Waals surface area contributed by atoms with Crippen LogP contribution in [0.2, 0.25) is 0 Å². The van der Waals surface area contributed by atoms with Gasteiger partial charge >= 0.3 is 0 Å². The van der Waals surface area contributed by atoms with Gasteiger partial charge in [-0.15, -0.1) is 0 Å². The van der Waals surface area contributed by atoms with Crippen LogP contribution in [0.3, 0.4) is 0 Å². The van der Waals surface area contributed by atoms with Gasteiger partial charge in [-0.05, 0) is 12.5 Å². The molecule has 0 aliphatic heterocycles. The van der Waals surface area contributed by atoms with Gasteiger partial charge in [0.2, 0.25) is 5.91 Å². The van der Waals surface area contributed by atoms with Crippen LogP contribution >= 0.6 is 11.8 Å². The van der Waals surface area contributed by atoms with Gasteiger partial charge in [-0.1, -0.05) is 18.7 Å². The number of amides is 1. The quantitative estimate of drug-likeness (QED) is 0.620. The fraction of sp³-hybridized carbons (Fsp3) is 0.312. The molecule has 1 N–H and O–H groups in total. The maximum Gasteiger partial charge on any atom is 0.237 e. The van der Waals surface area contributed by atoms with Crippen LogP contribution in [0.4, 0.5) is 5.69 Å². The van der Waals surface area contributed by atoms with Gasteiger partial charge in [0.1, 0.15) is 11.5 Å². The molecule has 0 spiro atoms. The Kier molecular flexibility index (Phi) is 6.22. The molecule has 1 atom stereocenters. The van der Waals surface area contributed by atoms with Gasteiger partial charge in [0.25, 0.3) is 0 Å². The summed E-state index contributed by atoms with van der Waals surface area (Å²) >= 11 is 1.34. The van der Waals surface area contributed by atoms with Crippen molar-refractivity contribution in [3.63, 3.8) is 0 Å². The summed E-state index contributed by atoms with van der Waals surface area (Å²) in [5.74, 6) is 1.12. The number of ether oxygens (including phenoxy) is 2. The van der Waals surface area contributed by atoms with Gasteiger partial charge in [-0.2, -0.15) is 0 Å². The van der Waals surface area contributed by atoms with Crippen LogP contribution in [-0.2, 0) is 4.79 Å². The number of aromatic nitrogens is 2. The van der Waals surface area contributed by atoms with E-state index in [1.54, 1.807) is 50.9 Å². The maximum absolute atomic E-state index is 12.5. The number of methoxy groups -OCH3 is 2. The third-order valence-corrected chi connectivity index (χ3v) is 4.33. The molecule has 1 amide bonds. The SMILES string of the molecule is CCC(Sc1ncccn1)C(=O)Nc1cc(OC)cc(OC)c1. The number of rotatable bonds is 7. The maximum atomic E-state index is 12.5. The Morgan fingerprint density at radius 3 is 2.30 bits per heavy atom. The van der Waals surface area contributed by atoms with E-state index in [2.05, 4.69) is 15.3 Å². The van der Waals surface area contributed by atoms with E-state index < -0.39 is 0 Å². The molecular formula is C16H19N3O3S. The monoisotopic (exact) mass is 333 g/mol. The van der Waals surface area contributed by atoms with E-state index in [-0.39, 0.29) is 11.2 Å². The van der Waals surface area contributed by atoms with Gasteiger partial charge < -0.3 is 14.8 Å². The standard InChI is InChI=1S/C16H19N3O3S/c1-4-14(23-16-17-6-5-7-18-16)15(20)19-11-8-12(21-2)10-13(9-11)22-3/h5-10,14H,4H2,1-3H3,(H,19,20). The fourth-order valence-electron chi connectivity index (χ4n) is 1.90. The second-order valence-electron chi connectivity index (χ2n) is 4.64. The number of hydrogen-bond acceptors (Lipinski definition) is 6. The molecule has 0 saturated carbocycles. The van der Waals surface area contributed by atoms with Crippen molar-refractivity contribution in [2.24, 2.45) is 0 Å². The Hall–Kier alpha value is -2.28. The molecule has 0 radical (unpaired) electrons. The Morgan fingerprint density at radius 2 is 1.78 bits per heavy atom. The van der Waals surface area contributed by atoms with Crippen LogP contribution in [0.25, 0.3) is 0 Å². The molecule has 1 heterocycles. The van der Waals surface area contributed by atoms with Crippen molar-refractivity contribution in [1.82, 2.24) is 9.97 Å². The topological polar surface area (TPSA) is 73.3 Å². The minimum absolute atomic E-state index is 0.111. The normalized spacial score (nSPS) is 11.6. The molecule has 0 aliphatic carbocycles. The first kappa shape index (κ1) is 17.1. The van der Waals surface area contributed by atoms with Crippen LogP contribution in [0.1, 0.15) is 13.3 Å². The average molecular weight is 333 g/mol. The first-order chi connectivity index (χ1) is 11.2. The van der Waals surface area contributed by atoms with Crippen LogP contribution in [0.5, 0.6) is 11.5 Å². The predicted octanol–water partition coefficient (Wildman–Crippen LogP) is 3.00. The first-order valence-corrected chi connectivity index (χ1v) is 8.01. The minimum Gasteiger partial charge on any atom is -0.497 e. The summed E-state index contributed by atoms with van der Waals surface area (Å²) in [7, 11) is 3.13. The minimum atomic E-state index is -0.283. The van der Waals surface area contributed by atoms with Crippen molar-refractivity contribution in [3.8, 4) is 11.5 Å². The predicted molar refractivity (Wildman–Crippen MR) is 90.1 cm³/mol. The lowest BCUT2D eigenvalue weighted by atomic mass is 10.2. The summed E-state index contributed by atoms with van der Waals surface area (Å²) in [5.41, 5.74) is 0.624. The van der Waals surface area contributed by atoms with Crippen LogP contribution < -0.4 is 14.8 Å². The van der Waals surface area contributed by atoms with Crippen molar-refractivity contribution in [1.29, 1.82) is 0 Å². The van der Waals surface area contributed by atoms with E-state index in [4.69, 9.17) is 9.47 Å². The van der Waals surface area contributed by atoms with E-state index in [1.807, 2.05) is 6.92 Å². The zero-order valence-corrected chi connectivity index (χ0v) is 14.1. The highest BCUT2D eigenvalue weighted by Crippen LogP contribution is 2.27. The number of carbonyl (C=O) groups is 1. The second-order valence-corrected chi connectivity index (χ2v) is 5.81. The van der Waals surface area contributed by atoms with Crippen LogP contribution in [0, 0.1) is 0 Å². The smallest absolute Gasteiger partial charge is 0.237 e. The van der Waals surface area contributed by atoms with Gasteiger partial charge in [0.05, 0.1) is 19.5 Å². The number of hydrogen-bond donors (Lipinski definition) is 1. The number of thioether (sulfide) groups is 1. The first-order valence-electron chi connectivity index (χ1n) is 7.14. The third kappa shape index (κ3) is 4.85. The Morgan fingerprint density at radius 1 is 1.17 bits per heavy atom. The molecule has 0 fully saturated rings. The van der Waals surface area contributed by atoms with Gasteiger partial charge in [0, 0.05) is 36.3 Å². The number of benzene rings is 1. The van der Waals surface area contributed by atoms with E-state index in [9.17, 15) is 4.79 Å². The van der Waals surface area contributed by atoms with Crippen molar-refractivity contribution >= 4 is 23.4 Å². The fourth-order valence-corrected chi connectivity index (χ4v) is 2.73. The van der Waals surface area contributed by atoms with Gasteiger partial charge in [-0.25, -0.2) is 9.97 Å². The largest absolute Gasteiger partial charge is 0.497 e. The van der Waals surface area contributed by atoms with Gasteiger partial charge in [0.15, 0.2) is 5.16 Å². The lowest BCUT2D eigenvalue weighted by molar-refractivity contribution is -0.115. The molecular weight excluding hydrogens is 314 g/mol. The summed E-state index contributed by atoms with van der Waals surface area (Å²) in [4.78, 5) is 20.8. The Labute approximate surface area is 139 Å². The summed E-state index contributed by atoms with van der Waals surface area (Å²) in [6.45, 7) is 1.95. The molecule has 122 valence electrons. The van der Waals surface area contributed by atoms with E-state index in [0.29, 0.717) is 28.8 Å². The van der Waals surface area contributed by atoms with Crippen LogP contribution in [-0.4, -0.2) is 35.3 Å². The molecule has 6 nitrogen and oxygen atoms in total. The van der Waals surface area contributed by atoms with Crippen molar-refractivity contribution in [2.45, 2.75) is 23.8 Å². The molecule has 0 saturated heterocycles. The zero-order valence-electron chi connectivity index (χ0n) is 13.3. The summed E-state index contributed by atoms with van der Waals surface area (Å²) in [6.07, 6.45) is 3.98. The highest BCUT2D eigenvalue weighted by atomic mass is 32.2. The second kappa shape index (κ2) is 8.38. The molecule has 1 aromatic carbocycles. The molecule has 0 bridgehead atoms. The lowest BCUT2D eigenvalue weighted by Gasteiger charge is -2.15. The number of nitrogens with one attached hydrogen (secondary N) is 1. The molecule has 2 aromatic rings. The third-order valence-electron chi connectivity index (χ3n) is 3.07. The van der Waals surface area contributed by atoms with Crippen LogP contribution in [0.15, 0.2) is 41.8 Å². The lowest BCUT2D eigenvalue weighted by Crippen LogP contribution is -2.24. The van der Waals surface area contributed by atoms with Crippen molar-refractivity contribution < 1.29 is 14.3 Å². The highest BCUT2D eigenvalue weighted by molar-refractivity contribution is 8.00. The van der Waals surface area contributed by atoms with E-state index >= 15 is 0 Å². The van der Waals surface area contributed by atoms with E-state index in [0.717, 1.165) is 0 Å². The number of anilines is 1. The van der Waals surface area contributed by atoms with E-state index in [1.165, 1.54) is 11.8 Å². The molecule has 0 aliphatic rings. The van der Waals surface area contributed by atoms with Crippen molar-refractivity contribution in [3.05, 3.63) is 36.7 Å². The highest BCUT2D eigenvalue weighted by Gasteiger charge is 2.19. The molecule has 23 heavy (non-hydrogen) atoms. The van der Waals surface area contributed by atoms with Gasteiger partial charge in [-0.3, -0.25) is 4.79 Å². The summed E-state index contributed by atoms with van der Waals surface area (Å²) in [6, 6.07) is 6.99. The number of carbonyl (C=O) groups excluding carboxylic acids is 1. The molecule has 1 aromatic heterocycles.